The first-order valence-electron chi connectivity index (χ1n) is 10.4. The molecule has 0 saturated carbocycles. The van der Waals surface area contributed by atoms with Crippen molar-refractivity contribution in [3.63, 3.8) is 0 Å². The molecule has 4 rings (SSSR count). The SMILES string of the molecule is Cc1cc(C(F)(F)F)nn1CCC(=O)N1CCCC1c1ccc(Nc2ccccn2)cn1. The van der Waals surface area contributed by atoms with Crippen LogP contribution in [-0.2, 0) is 17.5 Å². The van der Waals surface area contributed by atoms with Gasteiger partial charge in [-0.15, -0.1) is 0 Å². The van der Waals surface area contributed by atoms with Crippen LogP contribution in [0.4, 0.5) is 24.7 Å². The van der Waals surface area contributed by atoms with E-state index in [0.717, 1.165) is 30.3 Å². The average Bonchev–Trinajstić information content (AvgIpc) is 3.40. The summed E-state index contributed by atoms with van der Waals surface area (Å²) in [7, 11) is 0. The van der Waals surface area contributed by atoms with Crippen LogP contribution >= 0.6 is 0 Å². The molecule has 1 aliphatic heterocycles. The van der Waals surface area contributed by atoms with Gasteiger partial charge in [-0.25, -0.2) is 4.98 Å². The molecule has 1 aliphatic rings. The van der Waals surface area contributed by atoms with Gasteiger partial charge in [0.05, 0.1) is 23.6 Å². The van der Waals surface area contributed by atoms with Gasteiger partial charge in [0.15, 0.2) is 5.69 Å². The van der Waals surface area contributed by atoms with E-state index in [4.69, 9.17) is 0 Å². The number of halogens is 3. The molecule has 7 nitrogen and oxygen atoms in total. The molecule has 0 spiro atoms. The van der Waals surface area contributed by atoms with E-state index in [-0.39, 0.29) is 24.9 Å². The normalized spacial score (nSPS) is 16.4. The van der Waals surface area contributed by atoms with E-state index in [0.29, 0.717) is 18.1 Å². The second kappa shape index (κ2) is 8.97. The molecule has 10 heteroatoms. The first kappa shape index (κ1) is 21.8. The summed E-state index contributed by atoms with van der Waals surface area (Å²) in [6, 6.07) is 10.2. The van der Waals surface area contributed by atoms with Crippen molar-refractivity contribution in [1.82, 2.24) is 24.6 Å². The Hall–Kier alpha value is -3.43. The summed E-state index contributed by atoms with van der Waals surface area (Å²) in [6.45, 7) is 2.26. The Bertz CT molecular complexity index is 1070. The third kappa shape index (κ3) is 4.90. The van der Waals surface area contributed by atoms with Crippen LogP contribution in [0.1, 0.15) is 42.4 Å². The second-order valence-electron chi connectivity index (χ2n) is 7.70. The lowest BCUT2D eigenvalue weighted by Crippen LogP contribution is -2.31. The highest BCUT2D eigenvalue weighted by molar-refractivity contribution is 5.77. The largest absolute Gasteiger partial charge is 0.435 e. The lowest BCUT2D eigenvalue weighted by molar-refractivity contribution is -0.141. The average molecular weight is 444 g/mol. The van der Waals surface area contributed by atoms with Crippen molar-refractivity contribution in [3.05, 3.63) is 65.9 Å². The number of anilines is 2. The monoisotopic (exact) mass is 444 g/mol. The van der Waals surface area contributed by atoms with E-state index in [1.165, 1.54) is 4.68 Å². The molecule has 1 unspecified atom stereocenters. The fourth-order valence-electron chi connectivity index (χ4n) is 3.85. The molecule has 0 bridgehead atoms. The number of aromatic nitrogens is 4. The number of likely N-dealkylation sites (tertiary alicyclic amines) is 1. The number of nitrogens with one attached hydrogen (secondary N) is 1. The van der Waals surface area contributed by atoms with Crippen molar-refractivity contribution in [3.8, 4) is 0 Å². The fraction of sp³-hybridized carbons (Fsp3) is 0.364. The lowest BCUT2D eigenvalue weighted by Gasteiger charge is -2.24. The third-order valence-corrected chi connectivity index (χ3v) is 5.45. The zero-order chi connectivity index (χ0) is 22.7. The second-order valence-corrected chi connectivity index (χ2v) is 7.70. The van der Waals surface area contributed by atoms with Gasteiger partial charge >= 0.3 is 6.18 Å². The Labute approximate surface area is 183 Å². The number of hydrogen-bond acceptors (Lipinski definition) is 5. The van der Waals surface area contributed by atoms with Crippen molar-refractivity contribution in [2.45, 2.75) is 44.9 Å². The molecule has 1 fully saturated rings. The third-order valence-electron chi connectivity index (χ3n) is 5.45. The van der Waals surface area contributed by atoms with Crippen LogP contribution in [0.15, 0.2) is 48.8 Å². The van der Waals surface area contributed by atoms with Crippen LogP contribution in [0.25, 0.3) is 0 Å². The molecule has 0 aliphatic carbocycles. The predicted octanol–water partition coefficient (Wildman–Crippen LogP) is 4.50. The molecular formula is C22H23F3N6O. The van der Waals surface area contributed by atoms with E-state index >= 15 is 0 Å². The number of carbonyl (C=O) groups excluding carboxylic acids is 1. The zero-order valence-corrected chi connectivity index (χ0v) is 17.5. The predicted molar refractivity (Wildman–Crippen MR) is 112 cm³/mol. The number of amides is 1. The van der Waals surface area contributed by atoms with Gasteiger partial charge in [-0.05, 0) is 50.1 Å². The molecule has 1 N–H and O–H groups in total. The number of carbonyl (C=O) groups is 1. The van der Waals surface area contributed by atoms with Crippen LogP contribution in [0.3, 0.4) is 0 Å². The Kier molecular flexibility index (Phi) is 6.11. The van der Waals surface area contributed by atoms with E-state index in [1.807, 2.05) is 30.3 Å². The van der Waals surface area contributed by atoms with Gasteiger partial charge in [-0.3, -0.25) is 14.5 Å². The minimum atomic E-state index is -4.50. The summed E-state index contributed by atoms with van der Waals surface area (Å²) >= 11 is 0. The highest BCUT2D eigenvalue weighted by atomic mass is 19.4. The first-order chi connectivity index (χ1) is 15.3. The zero-order valence-electron chi connectivity index (χ0n) is 17.5. The van der Waals surface area contributed by atoms with Crippen LogP contribution < -0.4 is 5.32 Å². The fourth-order valence-corrected chi connectivity index (χ4v) is 3.85. The van der Waals surface area contributed by atoms with Gasteiger partial charge in [0.2, 0.25) is 5.91 Å². The van der Waals surface area contributed by atoms with Gasteiger partial charge < -0.3 is 10.2 Å². The Morgan fingerprint density at radius 2 is 2.06 bits per heavy atom. The summed E-state index contributed by atoms with van der Waals surface area (Å²) in [4.78, 5) is 23.3. The standard InChI is InChI=1S/C22H23F3N6O/c1-15-13-19(22(23,24)25)29-31(15)12-9-21(32)30-11-4-5-18(30)17-8-7-16(14-27-17)28-20-6-2-3-10-26-20/h2-3,6-8,10,13-14,18H,4-5,9,11-12H2,1H3,(H,26,28). The van der Waals surface area contributed by atoms with Crippen molar-refractivity contribution >= 4 is 17.4 Å². The van der Waals surface area contributed by atoms with Gasteiger partial charge in [-0.2, -0.15) is 18.3 Å². The molecule has 168 valence electrons. The molecule has 3 aromatic heterocycles. The number of hydrogen-bond donors (Lipinski definition) is 1. The topological polar surface area (TPSA) is 75.9 Å². The van der Waals surface area contributed by atoms with Crippen LogP contribution in [0.2, 0.25) is 0 Å². The summed E-state index contributed by atoms with van der Waals surface area (Å²) in [5.41, 5.74) is 1.01. The molecule has 3 aromatic rings. The first-order valence-corrected chi connectivity index (χ1v) is 10.4. The number of nitrogens with zero attached hydrogens (tertiary/aromatic N) is 5. The maximum Gasteiger partial charge on any atom is 0.435 e. The molecule has 1 saturated heterocycles. The molecule has 4 heterocycles. The maximum absolute atomic E-state index is 12.8. The van der Waals surface area contributed by atoms with Gasteiger partial charge in [-0.1, -0.05) is 6.07 Å². The van der Waals surface area contributed by atoms with Crippen LogP contribution in [0.5, 0.6) is 0 Å². The minimum Gasteiger partial charge on any atom is -0.339 e. The van der Waals surface area contributed by atoms with E-state index < -0.39 is 11.9 Å². The van der Waals surface area contributed by atoms with E-state index in [2.05, 4.69) is 20.4 Å². The molecule has 1 atom stereocenters. The van der Waals surface area contributed by atoms with Crippen molar-refractivity contribution in [2.24, 2.45) is 0 Å². The molecular weight excluding hydrogens is 421 g/mol. The number of alkyl halides is 3. The molecule has 1 amide bonds. The van der Waals surface area contributed by atoms with Crippen molar-refractivity contribution < 1.29 is 18.0 Å². The van der Waals surface area contributed by atoms with E-state index in [1.54, 1.807) is 24.2 Å². The Balaban J connectivity index is 1.39. The molecule has 0 aromatic carbocycles. The Morgan fingerprint density at radius 1 is 1.22 bits per heavy atom. The number of rotatable bonds is 6. The molecule has 32 heavy (non-hydrogen) atoms. The quantitative estimate of drug-likeness (QED) is 0.606. The maximum atomic E-state index is 12.8. The van der Waals surface area contributed by atoms with Crippen LogP contribution in [-0.4, -0.2) is 37.1 Å². The lowest BCUT2D eigenvalue weighted by atomic mass is 10.1. The van der Waals surface area contributed by atoms with Crippen molar-refractivity contribution in [2.75, 3.05) is 11.9 Å². The number of pyridine rings is 2. The van der Waals surface area contributed by atoms with Gasteiger partial charge in [0, 0.05) is 31.4 Å². The summed E-state index contributed by atoms with van der Waals surface area (Å²) < 4.78 is 39.8. The summed E-state index contributed by atoms with van der Waals surface area (Å²) in [6.07, 6.45) is 0.631. The highest BCUT2D eigenvalue weighted by Gasteiger charge is 2.35. The van der Waals surface area contributed by atoms with Gasteiger partial charge in [0.1, 0.15) is 5.82 Å². The molecule has 0 radical (unpaired) electrons. The Morgan fingerprint density at radius 3 is 2.72 bits per heavy atom. The summed E-state index contributed by atoms with van der Waals surface area (Å²) in [5.74, 6) is 0.593. The summed E-state index contributed by atoms with van der Waals surface area (Å²) in [5, 5.41) is 6.77. The minimum absolute atomic E-state index is 0.0790. The van der Waals surface area contributed by atoms with Crippen molar-refractivity contribution in [1.29, 1.82) is 0 Å². The van der Waals surface area contributed by atoms with E-state index in [9.17, 15) is 18.0 Å². The van der Waals surface area contributed by atoms with Gasteiger partial charge in [0.25, 0.3) is 0 Å². The smallest absolute Gasteiger partial charge is 0.339 e. The van der Waals surface area contributed by atoms with Crippen LogP contribution in [0, 0.1) is 6.92 Å². The number of aryl methyl sites for hydroxylation is 2. The highest BCUT2D eigenvalue weighted by Crippen LogP contribution is 2.32.